The van der Waals surface area contributed by atoms with Crippen molar-refractivity contribution in [3.63, 3.8) is 0 Å². The largest absolute Gasteiger partial charge is 0.464 e. The average molecular weight is 799 g/mol. The van der Waals surface area contributed by atoms with Crippen LogP contribution in [0.4, 0.5) is 0 Å². The summed E-state index contributed by atoms with van der Waals surface area (Å²) in [6, 6.07) is 28.6. The fourth-order valence-corrected chi connectivity index (χ4v) is 17.5. The molecule has 6 aromatic rings. The van der Waals surface area contributed by atoms with Crippen LogP contribution in [0.25, 0.3) is 21.9 Å². The number of rotatable bonds is 10. The van der Waals surface area contributed by atoms with E-state index in [4.69, 9.17) is 24.4 Å². The van der Waals surface area contributed by atoms with Gasteiger partial charge in [0.15, 0.2) is 0 Å². The molecule has 2 fully saturated rings. The smallest absolute Gasteiger partial charge is 0.253 e. The number of furan rings is 2. The Labute approximate surface area is 337 Å². The van der Waals surface area contributed by atoms with Crippen LogP contribution in [0, 0.1) is 0 Å². The van der Waals surface area contributed by atoms with E-state index in [1.165, 1.54) is 11.1 Å². The molecule has 4 heterocycles. The predicted octanol–water partition coefficient (Wildman–Crippen LogP) is 7.68. The molecule has 2 amide bonds. The lowest BCUT2D eigenvalue weighted by Crippen LogP contribution is -2.57. The van der Waals surface area contributed by atoms with Crippen LogP contribution in [0.1, 0.15) is 80.5 Å². The molecule has 2 aliphatic heterocycles. The standard InChI is InChI=1S/C46H54N4O5Si2/c1-56(2,43-29-53-41-13-11-37(25-39(41)43)45(51)49-19-15-33(16-20-49)35-9-5-7-31(23-35)27-47)55-57(3,4)44-30-54-42-14-12-38(26-40(42)44)46(52)50-21-17-34(18-22-50)36-10-6-8-32(24-36)28-48/h5-14,23-26,29-30,33-34H,15-22,27-28,47-48H2,1-4H3. The van der Waals surface area contributed by atoms with Gasteiger partial charge in [0.25, 0.3) is 11.8 Å². The summed E-state index contributed by atoms with van der Waals surface area (Å²) < 4.78 is 19.4. The third kappa shape index (κ3) is 7.91. The van der Waals surface area contributed by atoms with Gasteiger partial charge in [0.1, 0.15) is 11.2 Å². The number of nitrogens with zero attached hydrogens (tertiary/aromatic N) is 2. The predicted molar refractivity (Wildman–Crippen MR) is 232 cm³/mol. The number of carbonyl (C=O) groups excluding carboxylic acids is 2. The number of piperidine rings is 2. The summed E-state index contributed by atoms with van der Waals surface area (Å²) in [5.41, 5.74) is 19.5. The Morgan fingerprint density at radius 3 is 1.40 bits per heavy atom. The molecular formula is C46H54N4O5Si2. The maximum atomic E-state index is 13.9. The molecule has 4 aromatic carbocycles. The molecule has 2 aromatic heterocycles. The van der Waals surface area contributed by atoms with Gasteiger partial charge in [-0.15, -0.1) is 0 Å². The first-order valence-electron chi connectivity index (χ1n) is 20.3. The summed E-state index contributed by atoms with van der Waals surface area (Å²) in [7, 11) is -5.23. The maximum Gasteiger partial charge on any atom is 0.253 e. The van der Waals surface area contributed by atoms with Gasteiger partial charge in [-0.1, -0.05) is 48.5 Å². The summed E-state index contributed by atoms with van der Waals surface area (Å²) in [5, 5.41) is 3.90. The van der Waals surface area contributed by atoms with Crippen LogP contribution in [0.15, 0.2) is 106 Å². The molecule has 0 unspecified atom stereocenters. The fourth-order valence-electron chi connectivity index (χ4n) is 9.15. The number of benzene rings is 4. The highest BCUT2D eigenvalue weighted by atomic mass is 28.4. The Morgan fingerprint density at radius 2 is 1.02 bits per heavy atom. The zero-order valence-corrected chi connectivity index (χ0v) is 35.6. The van der Waals surface area contributed by atoms with Crippen LogP contribution in [0.2, 0.25) is 26.2 Å². The van der Waals surface area contributed by atoms with Crippen molar-refractivity contribution in [1.82, 2.24) is 9.80 Å². The average Bonchev–Trinajstić information content (AvgIpc) is 3.88. The third-order valence-corrected chi connectivity index (χ3v) is 19.8. The number of carbonyl (C=O) groups is 2. The topological polar surface area (TPSA) is 128 Å². The van der Waals surface area contributed by atoms with Gasteiger partial charge < -0.3 is 34.2 Å². The van der Waals surface area contributed by atoms with Crippen molar-refractivity contribution in [1.29, 1.82) is 0 Å². The zero-order chi connectivity index (χ0) is 39.9. The van der Waals surface area contributed by atoms with E-state index in [1.54, 1.807) is 0 Å². The van der Waals surface area contributed by atoms with Crippen LogP contribution in [-0.4, -0.2) is 64.4 Å². The zero-order valence-electron chi connectivity index (χ0n) is 33.6. The highest BCUT2D eigenvalue weighted by Gasteiger charge is 2.40. The second-order valence-corrected chi connectivity index (χ2v) is 24.8. The third-order valence-electron chi connectivity index (χ3n) is 12.3. The normalized spacial score (nSPS) is 16.2. The lowest BCUT2D eigenvalue weighted by Gasteiger charge is -2.34. The first-order chi connectivity index (χ1) is 27.4. The Bertz CT molecular complexity index is 2250. The maximum absolute atomic E-state index is 13.9. The van der Waals surface area contributed by atoms with E-state index in [-0.39, 0.29) is 11.8 Å². The van der Waals surface area contributed by atoms with Gasteiger partial charge in [-0.3, -0.25) is 9.59 Å². The second kappa shape index (κ2) is 15.9. The van der Waals surface area contributed by atoms with Gasteiger partial charge >= 0.3 is 0 Å². The Balaban J connectivity index is 0.961. The molecule has 2 saturated heterocycles. The highest BCUT2D eigenvalue weighted by Crippen LogP contribution is 2.32. The number of hydrogen-bond acceptors (Lipinski definition) is 7. The van der Waals surface area contributed by atoms with Crippen LogP contribution in [0.5, 0.6) is 0 Å². The molecule has 4 N–H and O–H groups in total. The molecule has 0 radical (unpaired) electrons. The quantitative estimate of drug-likeness (QED) is 0.136. The summed E-state index contributed by atoms with van der Waals surface area (Å²) in [6.07, 6.45) is 7.34. The van der Waals surface area contributed by atoms with Gasteiger partial charge in [0, 0.05) is 71.5 Å². The monoisotopic (exact) mass is 798 g/mol. The van der Waals surface area contributed by atoms with Crippen LogP contribution < -0.4 is 21.8 Å². The molecule has 2 aliphatic rings. The fraction of sp³-hybridized carbons (Fsp3) is 0.348. The molecule has 9 nitrogen and oxygen atoms in total. The summed E-state index contributed by atoms with van der Waals surface area (Å²) in [4.78, 5) is 31.7. The van der Waals surface area contributed by atoms with Gasteiger partial charge in [-0.25, -0.2) is 0 Å². The van der Waals surface area contributed by atoms with Gasteiger partial charge in [-0.2, -0.15) is 0 Å². The van der Waals surface area contributed by atoms with Crippen molar-refractivity contribution in [2.24, 2.45) is 11.5 Å². The van der Waals surface area contributed by atoms with Crippen molar-refractivity contribution in [2.75, 3.05) is 26.2 Å². The van der Waals surface area contributed by atoms with Gasteiger partial charge in [-0.05, 0) is 122 Å². The van der Waals surface area contributed by atoms with E-state index in [0.717, 1.165) is 69.1 Å². The Kier molecular flexibility index (Phi) is 10.9. The second-order valence-electron chi connectivity index (χ2n) is 16.9. The van der Waals surface area contributed by atoms with Crippen LogP contribution in [-0.2, 0) is 17.2 Å². The molecule has 296 valence electrons. The number of amides is 2. The van der Waals surface area contributed by atoms with Crippen molar-refractivity contribution in [3.8, 4) is 0 Å². The van der Waals surface area contributed by atoms with E-state index in [9.17, 15) is 9.59 Å². The minimum atomic E-state index is -2.61. The van der Waals surface area contributed by atoms with Crippen molar-refractivity contribution in [2.45, 2.75) is 76.8 Å². The minimum absolute atomic E-state index is 0.0465. The highest BCUT2D eigenvalue weighted by molar-refractivity contribution is 6.98. The van der Waals surface area contributed by atoms with E-state index in [1.807, 2.05) is 58.7 Å². The number of hydrogen-bond donors (Lipinski definition) is 2. The molecular weight excluding hydrogens is 745 g/mol. The van der Waals surface area contributed by atoms with E-state index in [2.05, 4.69) is 74.7 Å². The molecule has 0 aliphatic carbocycles. The van der Waals surface area contributed by atoms with Gasteiger partial charge in [0.05, 0.1) is 12.5 Å². The van der Waals surface area contributed by atoms with Crippen LogP contribution in [0.3, 0.4) is 0 Å². The van der Waals surface area contributed by atoms with Crippen molar-refractivity contribution >= 4 is 60.8 Å². The lowest BCUT2D eigenvalue weighted by molar-refractivity contribution is 0.0705. The van der Waals surface area contributed by atoms with Gasteiger partial charge in [0.2, 0.25) is 16.6 Å². The van der Waals surface area contributed by atoms with E-state index >= 15 is 0 Å². The summed E-state index contributed by atoms with van der Waals surface area (Å²) in [5.74, 6) is 0.942. The molecule has 8 rings (SSSR count). The van der Waals surface area contributed by atoms with Crippen LogP contribution >= 0.6 is 0 Å². The lowest BCUT2D eigenvalue weighted by atomic mass is 9.88. The molecule has 11 heteroatoms. The van der Waals surface area contributed by atoms with Crippen molar-refractivity contribution < 1.29 is 22.5 Å². The van der Waals surface area contributed by atoms with E-state index < -0.39 is 16.6 Å². The molecule has 0 bridgehead atoms. The molecule has 0 atom stereocenters. The summed E-state index contributed by atoms with van der Waals surface area (Å²) >= 11 is 0. The number of fused-ring (bicyclic) bond motifs is 2. The number of nitrogens with two attached hydrogens (primary N) is 2. The SMILES string of the molecule is C[Si](C)(O[Si](C)(C)c1coc2ccc(C(=O)N3CCC(c4cccc(CN)c4)CC3)cc12)c1coc2ccc(C(=O)N3CCC(c4cccc(CN)c4)CC3)cc12. The minimum Gasteiger partial charge on any atom is -0.464 e. The molecule has 0 spiro atoms. The Hall–Kier alpha value is -4.79. The van der Waals surface area contributed by atoms with E-state index in [0.29, 0.717) is 62.2 Å². The number of likely N-dealkylation sites (tertiary alicyclic amines) is 2. The molecule has 57 heavy (non-hydrogen) atoms. The summed E-state index contributed by atoms with van der Waals surface area (Å²) in [6.45, 7) is 12.7. The molecule has 0 saturated carbocycles. The first kappa shape index (κ1) is 39.1. The first-order valence-corrected chi connectivity index (χ1v) is 26.2. The Morgan fingerprint density at radius 1 is 0.614 bits per heavy atom. The van der Waals surface area contributed by atoms with Crippen molar-refractivity contribution in [3.05, 3.63) is 131 Å².